The largest absolute Gasteiger partial charge is 0.497 e. The number of hydrogen-bond acceptors (Lipinski definition) is 7. The second-order valence-electron chi connectivity index (χ2n) is 8.26. The van der Waals surface area contributed by atoms with Gasteiger partial charge < -0.3 is 19.6 Å². The highest BCUT2D eigenvalue weighted by atomic mass is 32.2. The molecule has 0 bridgehead atoms. The molecule has 30 heavy (non-hydrogen) atoms. The summed E-state index contributed by atoms with van der Waals surface area (Å²) in [6.07, 6.45) is 2.22. The molecule has 1 amide bonds. The molecule has 0 aromatic heterocycles. The van der Waals surface area contributed by atoms with Gasteiger partial charge in [0, 0.05) is 44.2 Å². The molecule has 9 nitrogen and oxygen atoms in total. The molecule has 168 valence electrons. The molecule has 1 aromatic rings. The van der Waals surface area contributed by atoms with Crippen LogP contribution in [0.5, 0.6) is 5.75 Å². The Labute approximate surface area is 178 Å². The minimum absolute atomic E-state index is 0.130. The van der Waals surface area contributed by atoms with Crippen LogP contribution in [0.3, 0.4) is 0 Å². The quantitative estimate of drug-likeness (QED) is 0.651. The van der Waals surface area contributed by atoms with Crippen LogP contribution in [0.1, 0.15) is 31.2 Å². The smallest absolute Gasteiger partial charge is 0.421 e. The van der Waals surface area contributed by atoms with Gasteiger partial charge in [0.05, 0.1) is 7.11 Å². The molecular weight excluding hydrogens is 408 g/mol. The monoisotopic (exact) mass is 440 g/mol. The van der Waals surface area contributed by atoms with E-state index in [-0.39, 0.29) is 6.54 Å². The Bertz CT molecular complexity index is 831. The lowest BCUT2D eigenvalue weighted by Crippen LogP contribution is -2.52. The Morgan fingerprint density at radius 2 is 1.90 bits per heavy atom. The number of amides is 1. The van der Waals surface area contributed by atoms with E-state index in [1.165, 1.54) is 0 Å². The standard InChI is InChI=1S/C20H32N4O5S/c1-23-10-12-24(13-11-23)17-6-8-20(9-7-17,15-22-30(26,27)29-19(21)25)16-4-3-5-18(14-16)28-2/h3-5,14,17,22H,6-13,15H2,1-2H3,(H2,21,25)/t17-,20-. The van der Waals surface area contributed by atoms with Crippen molar-refractivity contribution < 1.29 is 22.1 Å². The van der Waals surface area contributed by atoms with Gasteiger partial charge in [-0.3, -0.25) is 4.90 Å². The zero-order valence-corrected chi connectivity index (χ0v) is 18.5. The lowest BCUT2D eigenvalue weighted by atomic mass is 9.68. The number of methoxy groups -OCH3 is 1. The fraction of sp³-hybridized carbons (Fsp3) is 0.650. The summed E-state index contributed by atoms with van der Waals surface area (Å²) in [7, 11) is -0.498. The third-order valence-corrected chi connectivity index (χ3v) is 7.31. The molecule has 1 aliphatic carbocycles. The number of likely N-dealkylation sites (N-methyl/N-ethyl adjacent to an activating group) is 1. The summed E-state index contributed by atoms with van der Waals surface area (Å²) in [4.78, 5) is 15.8. The van der Waals surface area contributed by atoms with Crippen molar-refractivity contribution in [2.24, 2.45) is 5.73 Å². The van der Waals surface area contributed by atoms with E-state index in [0.29, 0.717) is 6.04 Å². The van der Waals surface area contributed by atoms with E-state index in [1.807, 2.05) is 24.3 Å². The van der Waals surface area contributed by atoms with E-state index in [2.05, 4.69) is 25.8 Å². The number of nitrogens with two attached hydrogens (primary N) is 1. The number of hydrogen-bond donors (Lipinski definition) is 2. The predicted octanol–water partition coefficient (Wildman–Crippen LogP) is 1.05. The Balaban J connectivity index is 1.76. The molecule has 3 N–H and O–H groups in total. The van der Waals surface area contributed by atoms with Crippen LogP contribution in [0.15, 0.2) is 24.3 Å². The van der Waals surface area contributed by atoms with Crippen LogP contribution in [0.25, 0.3) is 0 Å². The molecule has 1 aliphatic heterocycles. The van der Waals surface area contributed by atoms with Crippen molar-refractivity contribution in [3.63, 3.8) is 0 Å². The molecule has 2 aliphatic rings. The van der Waals surface area contributed by atoms with Gasteiger partial charge in [0.25, 0.3) is 0 Å². The zero-order chi connectivity index (χ0) is 21.8. The first kappa shape index (κ1) is 22.8. The minimum Gasteiger partial charge on any atom is -0.497 e. The molecule has 1 aromatic carbocycles. The molecule has 0 atom stereocenters. The first-order chi connectivity index (χ1) is 14.2. The molecule has 1 saturated carbocycles. The maximum absolute atomic E-state index is 12.1. The molecule has 10 heteroatoms. The van der Waals surface area contributed by atoms with Crippen LogP contribution < -0.4 is 15.2 Å². The third kappa shape index (κ3) is 5.63. The number of ether oxygens (including phenoxy) is 1. The highest BCUT2D eigenvalue weighted by Gasteiger charge is 2.40. The van der Waals surface area contributed by atoms with Crippen LogP contribution >= 0.6 is 0 Å². The van der Waals surface area contributed by atoms with E-state index in [4.69, 9.17) is 10.5 Å². The summed E-state index contributed by atoms with van der Waals surface area (Å²) in [6, 6.07) is 8.24. The summed E-state index contributed by atoms with van der Waals surface area (Å²) in [5.74, 6) is 0.726. The normalized spacial score (nSPS) is 26.3. The maximum atomic E-state index is 12.1. The van der Waals surface area contributed by atoms with Crippen molar-refractivity contribution in [2.45, 2.75) is 37.1 Å². The Morgan fingerprint density at radius 1 is 1.23 bits per heavy atom. The van der Waals surface area contributed by atoms with Crippen molar-refractivity contribution in [3.05, 3.63) is 29.8 Å². The molecule has 1 heterocycles. The van der Waals surface area contributed by atoms with Gasteiger partial charge in [0.2, 0.25) is 0 Å². The third-order valence-electron chi connectivity index (χ3n) is 6.43. The minimum atomic E-state index is -4.25. The summed E-state index contributed by atoms with van der Waals surface area (Å²) >= 11 is 0. The van der Waals surface area contributed by atoms with Crippen molar-refractivity contribution in [3.8, 4) is 5.75 Å². The lowest BCUT2D eigenvalue weighted by molar-refractivity contribution is 0.0750. The maximum Gasteiger partial charge on any atom is 0.421 e. The molecule has 0 spiro atoms. The first-order valence-corrected chi connectivity index (χ1v) is 11.7. The van der Waals surface area contributed by atoms with Gasteiger partial charge in [0.15, 0.2) is 0 Å². The number of carbonyl (C=O) groups is 1. The number of primary amides is 1. The summed E-state index contributed by atoms with van der Waals surface area (Å²) < 4.78 is 36.1. The van der Waals surface area contributed by atoms with Crippen LogP contribution in [0.4, 0.5) is 4.79 Å². The molecule has 3 rings (SSSR count). The van der Waals surface area contributed by atoms with Gasteiger partial charge in [-0.25, -0.2) is 4.79 Å². The number of nitrogens with zero attached hydrogens (tertiary/aromatic N) is 2. The van der Waals surface area contributed by atoms with E-state index in [9.17, 15) is 13.2 Å². The van der Waals surface area contributed by atoms with Crippen molar-refractivity contribution in [1.29, 1.82) is 0 Å². The first-order valence-electron chi connectivity index (χ1n) is 10.3. The van der Waals surface area contributed by atoms with Crippen LogP contribution in [0, 0.1) is 0 Å². The molecule has 2 fully saturated rings. The van der Waals surface area contributed by atoms with Crippen molar-refractivity contribution in [1.82, 2.24) is 14.5 Å². The Kier molecular flexibility index (Phi) is 7.22. The second kappa shape index (κ2) is 9.51. The van der Waals surface area contributed by atoms with E-state index < -0.39 is 21.8 Å². The summed E-state index contributed by atoms with van der Waals surface area (Å²) in [5.41, 5.74) is 5.48. The number of carbonyl (C=O) groups excluding carboxylic acids is 1. The van der Waals surface area contributed by atoms with Crippen molar-refractivity contribution >= 4 is 16.4 Å². The highest BCUT2D eigenvalue weighted by molar-refractivity contribution is 7.85. The van der Waals surface area contributed by atoms with Crippen LogP contribution in [-0.4, -0.2) is 77.2 Å². The average molecular weight is 441 g/mol. The SMILES string of the molecule is COc1cccc([C@]2(CNS(=O)(=O)OC(N)=O)CC[C@@H](N3CCN(C)CC3)CC2)c1. The summed E-state index contributed by atoms with van der Waals surface area (Å²) in [6.45, 7) is 4.40. The molecule has 0 radical (unpaired) electrons. The lowest BCUT2D eigenvalue weighted by Gasteiger charge is -2.46. The number of rotatable bonds is 7. The fourth-order valence-corrected chi connectivity index (χ4v) is 5.32. The molecule has 0 unspecified atom stereocenters. The fourth-order valence-electron chi connectivity index (χ4n) is 4.59. The number of benzene rings is 1. The topological polar surface area (TPSA) is 114 Å². The van der Waals surface area contributed by atoms with Gasteiger partial charge in [-0.05, 0) is 50.4 Å². The average Bonchev–Trinajstić information content (AvgIpc) is 2.72. The van der Waals surface area contributed by atoms with E-state index in [0.717, 1.165) is 63.2 Å². The Hall–Kier alpha value is -1.88. The van der Waals surface area contributed by atoms with Gasteiger partial charge >= 0.3 is 16.4 Å². The highest BCUT2D eigenvalue weighted by Crippen LogP contribution is 2.41. The number of nitrogens with one attached hydrogen (secondary N) is 1. The van der Waals surface area contributed by atoms with E-state index in [1.54, 1.807) is 7.11 Å². The van der Waals surface area contributed by atoms with Crippen LogP contribution in [0.2, 0.25) is 0 Å². The van der Waals surface area contributed by atoms with Gasteiger partial charge in [-0.2, -0.15) is 13.1 Å². The molecular formula is C20H32N4O5S. The zero-order valence-electron chi connectivity index (χ0n) is 17.7. The van der Waals surface area contributed by atoms with Crippen LogP contribution in [-0.2, 0) is 19.9 Å². The van der Waals surface area contributed by atoms with E-state index >= 15 is 0 Å². The van der Waals surface area contributed by atoms with Crippen molar-refractivity contribution in [2.75, 3.05) is 46.9 Å². The van der Waals surface area contributed by atoms with Gasteiger partial charge in [0.1, 0.15) is 5.75 Å². The number of piperazine rings is 1. The second-order valence-corrected chi connectivity index (χ2v) is 9.62. The Morgan fingerprint density at radius 3 is 2.50 bits per heavy atom. The van der Waals surface area contributed by atoms with Gasteiger partial charge in [-0.1, -0.05) is 12.1 Å². The summed E-state index contributed by atoms with van der Waals surface area (Å²) in [5, 5.41) is 0. The predicted molar refractivity (Wildman–Crippen MR) is 114 cm³/mol. The molecule has 1 saturated heterocycles. The van der Waals surface area contributed by atoms with Gasteiger partial charge in [-0.15, -0.1) is 0 Å².